The normalized spacial score (nSPS) is 19.0. The summed E-state index contributed by atoms with van der Waals surface area (Å²) in [5.41, 5.74) is 1.19. The highest BCUT2D eigenvalue weighted by Crippen LogP contribution is 2.33. The molecule has 1 saturated carbocycles. The minimum Gasteiger partial charge on any atom is -0.246 e. The molecule has 0 N–H and O–H groups in total. The first kappa shape index (κ1) is 11.4. The molecule has 0 radical (unpaired) electrons. The number of aryl methyl sites for hydroxylation is 1. The minimum absolute atomic E-state index is 0.688. The average molecular weight is 244 g/mol. The second kappa shape index (κ2) is 5.86. The van der Waals surface area contributed by atoms with Gasteiger partial charge in [-0.1, -0.05) is 25.7 Å². The number of halogens is 1. The summed E-state index contributed by atoms with van der Waals surface area (Å²) >= 11 is 7.56. The molecule has 1 heterocycles. The topological polar surface area (TPSA) is 12.9 Å². The van der Waals surface area contributed by atoms with Crippen LogP contribution in [-0.2, 0) is 6.42 Å². The standard InChI is InChI=1S/C12H18ClNS/c13-8-7-11-9-15-12(14-11)10-5-3-1-2-4-6-10/h9-10H,1-8H2. The van der Waals surface area contributed by atoms with Crippen LogP contribution in [0.1, 0.15) is 55.1 Å². The van der Waals surface area contributed by atoms with Crippen LogP contribution in [0.5, 0.6) is 0 Å². The fourth-order valence-electron chi connectivity index (χ4n) is 2.25. The number of alkyl halides is 1. The van der Waals surface area contributed by atoms with Gasteiger partial charge in [-0.25, -0.2) is 4.98 Å². The maximum absolute atomic E-state index is 5.72. The molecule has 0 aliphatic heterocycles. The zero-order chi connectivity index (χ0) is 10.5. The predicted molar refractivity (Wildman–Crippen MR) is 67.0 cm³/mol. The van der Waals surface area contributed by atoms with E-state index in [1.165, 1.54) is 49.2 Å². The summed E-state index contributed by atoms with van der Waals surface area (Å²) < 4.78 is 0. The van der Waals surface area contributed by atoms with E-state index in [2.05, 4.69) is 5.38 Å². The molecule has 1 nitrogen and oxygen atoms in total. The van der Waals surface area contributed by atoms with Crippen molar-refractivity contribution in [3.63, 3.8) is 0 Å². The first-order valence-corrected chi connectivity index (χ1v) is 7.32. The van der Waals surface area contributed by atoms with E-state index in [1.807, 2.05) is 11.3 Å². The summed E-state index contributed by atoms with van der Waals surface area (Å²) in [6, 6.07) is 0. The Hall–Kier alpha value is -0.0800. The fraction of sp³-hybridized carbons (Fsp3) is 0.750. The third-order valence-corrected chi connectivity index (χ3v) is 4.37. The summed E-state index contributed by atoms with van der Waals surface area (Å²) in [5, 5.41) is 3.54. The molecule has 1 aliphatic carbocycles. The molecule has 0 bridgehead atoms. The van der Waals surface area contributed by atoms with Gasteiger partial charge in [0.1, 0.15) is 0 Å². The van der Waals surface area contributed by atoms with Gasteiger partial charge in [0.25, 0.3) is 0 Å². The lowest BCUT2D eigenvalue weighted by Crippen LogP contribution is -1.97. The third kappa shape index (κ3) is 3.18. The number of hydrogen-bond acceptors (Lipinski definition) is 2. The Balaban J connectivity index is 2.00. The lowest BCUT2D eigenvalue weighted by Gasteiger charge is -2.09. The third-order valence-electron chi connectivity index (χ3n) is 3.12. The van der Waals surface area contributed by atoms with Gasteiger partial charge in [0.15, 0.2) is 0 Å². The van der Waals surface area contributed by atoms with Gasteiger partial charge in [0.2, 0.25) is 0 Å². The summed E-state index contributed by atoms with van der Waals surface area (Å²) in [6.45, 7) is 0. The number of rotatable bonds is 3. The largest absolute Gasteiger partial charge is 0.246 e. The smallest absolute Gasteiger partial charge is 0.0959 e. The molecule has 1 aliphatic rings. The Morgan fingerprint density at radius 1 is 1.27 bits per heavy atom. The van der Waals surface area contributed by atoms with E-state index in [-0.39, 0.29) is 0 Å². The van der Waals surface area contributed by atoms with Gasteiger partial charge in [0.05, 0.1) is 10.7 Å². The average Bonchev–Trinajstić information content (AvgIpc) is 2.53. The molecular formula is C12H18ClNS. The molecule has 0 spiro atoms. The lowest BCUT2D eigenvalue weighted by atomic mass is 10.0. The highest BCUT2D eigenvalue weighted by Gasteiger charge is 2.17. The van der Waals surface area contributed by atoms with Gasteiger partial charge in [-0.2, -0.15) is 0 Å². The van der Waals surface area contributed by atoms with Gasteiger partial charge in [-0.05, 0) is 12.8 Å². The van der Waals surface area contributed by atoms with E-state index < -0.39 is 0 Å². The van der Waals surface area contributed by atoms with Gasteiger partial charge in [-0.3, -0.25) is 0 Å². The number of hydrogen-bond donors (Lipinski definition) is 0. The highest BCUT2D eigenvalue weighted by atomic mass is 35.5. The summed E-state index contributed by atoms with van der Waals surface area (Å²) in [7, 11) is 0. The molecular weight excluding hydrogens is 226 g/mol. The molecule has 0 saturated heterocycles. The van der Waals surface area contributed by atoms with Gasteiger partial charge in [0, 0.05) is 23.6 Å². The Kier molecular flexibility index (Phi) is 4.45. The Labute approximate surface area is 101 Å². The van der Waals surface area contributed by atoms with E-state index in [0.717, 1.165) is 12.3 Å². The Morgan fingerprint density at radius 3 is 2.67 bits per heavy atom. The molecule has 1 fully saturated rings. The van der Waals surface area contributed by atoms with Crippen LogP contribution in [0, 0.1) is 0 Å². The molecule has 3 heteroatoms. The van der Waals surface area contributed by atoms with Gasteiger partial charge in [-0.15, -0.1) is 22.9 Å². The van der Waals surface area contributed by atoms with Crippen LogP contribution in [-0.4, -0.2) is 10.9 Å². The van der Waals surface area contributed by atoms with Crippen molar-refractivity contribution < 1.29 is 0 Å². The van der Waals surface area contributed by atoms with Crippen LogP contribution in [0.25, 0.3) is 0 Å². The van der Waals surface area contributed by atoms with Gasteiger partial charge < -0.3 is 0 Å². The summed E-state index contributed by atoms with van der Waals surface area (Å²) in [4.78, 5) is 4.70. The molecule has 1 aromatic heterocycles. The van der Waals surface area contributed by atoms with Crippen LogP contribution in [0.15, 0.2) is 5.38 Å². The molecule has 0 aromatic carbocycles. The van der Waals surface area contributed by atoms with Crippen molar-refractivity contribution in [3.05, 3.63) is 16.1 Å². The second-order valence-corrected chi connectivity index (χ2v) is 5.57. The van der Waals surface area contributed by atoms with Gasteiger partial charge >= 0.3 is 0 Å². The SMILES string of the molecule is ClCCc1csc(C2CCCCCC2)n1. The van der Waals surface area contributed by atoms with E-state index in [4.69, 9.17) is 16.6 Å². The first-order chi connectivity index (χ1) is 7.40. The molecule has 0 atom stereocenters. The maximum Gasteiger partial charge on any atom is 0.0959 e. The van der Waals surface area contributed by atoms with Crippen molar-refractivity contribution in [2.45, 2.75) is 50.9 Å². The van der Waals surface area contributed by atoms with E-state index in [1.54, 1.807) is 0 Å². The minimum atomic E-state index is 0.688. The highest BCUT2D eigenvalue weighted by molar-refractivity contribution is 7.09. The van der Waals surface area contributed by atoms with Crippen LogP contribution in [0.4, 0.5) is 0 Å². The second-order valence-electron chi connectivity index (χ2n) is 4.30. The van der Waals surface area contributed by atoms with Crippen LogP contribution >= 0.6 is 22.9 Å². The van der Waals surface area contributed by atoms with Crippen molar-refractivity contribution in [2.75, 3.05) is 5.88 Å². The van der Waals surface area contributed by atoms with Crippen molar-refractivity contribution >= 4 is 22.9 Å². The first-order valence-electron chi connectivity index (χ1n) is 5.90. The Morgan fingerprint density at radius 2 is 2.00 bits per heavy atom. The van der Waals surface area contributed by atoms with Crippen LogP contribution < -0.4 is 0 Å². The fourth-order valence-corrected chi connectivity index (χ4v) is 3.47. The van der Waals surface area contributed by atoms with Crippen LogP contribution in [0.3, 0.4) is 0 Å². The van der Waals surface area contributed by atoms with E-state index >= 15 is 0 Å². The predicted octanol–water partition coefficient (Wildman–Crippen LogP) is 4.36. The molecule has 2 rings (SSSR count). The van der Waals surface area contributed by atoms with Crippen molar-refractivity contribution in [1.82, 2.24) is 4.98 Å². The lowest BCUT2D eigenvalue weighted by molar-refractivity contribution is 0.588. The monoisotopic (exact) mass is 243 g/mol. The molecule has 1 aromatic rings. The number of aromatic nitrogens is 1. The van der Waals surface area contributed by atoms with E-state index in [0.29, 0.717) is 5.88 Å². The molecule has 0 amide bonds. The van der Waals surface area contributed by atoms with Crippen molar-refractivity contribution in [2.24, 2.45) is 0 Å². The number of thiazole rings is 1. The Bertz CT molecular complexity index is 290. The van der Waals surface area contributed by atoms with Crippen LogP contribution in [0.2, 0.25) is 0 Å². The molecule has 0 unspecified atom stereocenters. The number of nitrogens with zero attached hydrogens (tertiary/aromatic N) is 1. The van der Waals surface area contributed by atoms with Crippen molar-refractivity contribution in [3.8, 4) is 0 Å². The quantitative estimate of drug-likeness (QED) is 0.568. The molecule has 84 valence electrons. The zero-order valence-electron chi connectivity index (χ0n) is 9.04. The van der Waals surface area contributed by atoms with E-state index in [9.17, 15) is 0 Å². The maximum atomic E-state index is 5.72. The summed E-state index contributed by atoms with van der Waals surface area (Å²) in [6.07, 6.45) is 9.20. The molecule has 15 heavy (non-hydrogen) atoms. The zero-order valence-corrected chi connectivity index (χ0v) is 10.6. The van der Waals surface area contributed by atoms with Crippen molar-refractivity contribution in [1.29, 1.82) is 0 Å². The summed E-state index contributed by atoms with van der Waals surface area (Å²) in [5.74, 6) is 1.43.